The normalized spacial score (nSPS) is 10.5. The fourth-order valence-electron chi connectivity index (χ4n) is 1.65. The van der Waals surface area contributed by atoms with Crippen molar-refractivity contribution < 1.29 is 14.6 Å². The highest BCUT2D eigenvalue weighted by atomic mass is 35.5. The van der Waals surface area contributed by atoms with Crippen LogP contribution in [-0.2, 0) is 16.0 Å². The summed E-state index contributed by atoms with van der Waals surface area (Å²) >= 11 is 12.1. The Morgan fingerprint density at radius 3 is 2.47 bits per heavy atom. The summed E-state index contributed by atoms with van der Waals surface area (Å²) < 4.78 is 4.94. The molecular weight excluding hydrogens is 289 g/mol. The molecule has 1 aromatic rings. The summed E-state index contributed by atoms with van der Waals surface area (Å²) in [4.78, 5) is 13.7. The Bertz CT molecular complexity index is 406. The zero-order valence-corrected chi connectivity index (χ0v) is 12.2. The molecule has 0 fully saturated rings. The molecule has 0 aliphatic carbocycles. The van der Waals surface area contributed by atoms with Gasteiger partial charge in [0, 0.05) is 30.2 Å². The van der Waals surface area contributed by atoms with Crippen LogP contribution in [0.1, 0.15) is 5.56 Å². The number of amides is 1. The van der Waals surface area contributed by atoms with Crippen LogP contribution < -0.4 is 0 Å². The summed E-state index contributed by atoms with van der Waals surface area (Å²) in [6.07, 6.45) is 0.113. The van der Waals surface area contributed by atoms with E-state index in [1.54, 1.807) is 25.3 Å². The molecule has 1 aromatic carbocycles. The van der Waals surface area contributed by atoms with Gasteiger partial charge in [-0.3, -0.25) is 4.79 Å². The summed E-state index contributed by atoms with van der Waals surface area (Å²) in [6.45, 7) is 1.02. The van der Waals surface area contributed by atoms with Crippen LogP contribution >= 0.6 is 23.2 Å². The molecule has 6 heteroatoms. The van der Waals surface area contributed by atoms with E-state index in [0.717, 1.165) is 0 Å². The summed E-state index contributed by atoms with van der Waals surface area (Å²) in [5.74, 6) is -0.138. The van der Waals surface area contributed by atoms with Crippen molar-refractivity contribution in [2.45, 2.75) is 6.42 Å². The van der Waals surface area contributed by atoms with E-state index in [2.05, 4.69) is 0 Å². The maximum Gasteiger partial charge on any atom is 0.227 e. The first-order valence-electron chi connectivity index (χ1n) is 5.90. The second kappa shape index (κ2) is 8.38. The molecule has 0 unspecified atom stereocenters. The van der Waals surface area contributed by atoms with Crippen LogP contribution in [-0.4, -0.2) is 49.3 Å². The number of hydrogen-bond donors (Lipinski definition) is 1. The van der Waals surface area contributed by atoms with E-state index >= 15 is 0 Å². The molecule has 0 spiro atoms. The van der Waals surface area contributed by atoms with Crippen molar-refractivity contribution in [3.63, 3.8) is 0 Å². The molecule has 1 amide bonds. The number of hydrogen-bond acceptors (Lipinski definition) is 3. The van der Waals surface area contributed by atoms with Gasteiger partial charge in [0.1, 0.15) is 0 Å². The van der Waals surface area contributed by atoms with Gasteiger partial charge in [0.15, 0.2) is 0 Å². The first-order valence-corrected chi connectivity index (χ1v) is 6.66. The molecule has 0 aliphatic heterocycles. The first-order chi connectivity index (χ1) is 9.10. The zero-order valence-electron chi connectivity index (χ0n) is 10.7. The molecule has 0 atom stereocenters. The number of halogens is 2. The second-order valence-electron chi connectivity index (χ2n) is 3.97. The maximum absolute atomic E-state index is 12.2. The largest absolute Gasteiger partial charge is 0.395 e. The molecule has 0 radical (unpaired) electrons. The van der Waals surface area contributed by atoms with E-state index in [1.807, 2.05) is 0 Å². The number of nitrogens with zero attached hydrogens (tertiary/aromatic N) is 1. The van der Waals surface area contributed by atoms with Gasteiger partial charge >= 0.3 is 0 Å². The molecule has 0 aromatic heterocycles. The lowest BCUT2D eigenvalue weighted by Gasteiger charge is -2.21. The minimum absolute atomic E-state index is 0.0916. The SMILES string of the molecule is COCCN(CCO)C(=O)Cc1c(Cl)cccc1Cl. The van der Waals surface area contributed by atoms with Crippen LogP contribution in [0, 0.1) is 0 Å². The van der Waals surface area contributed by atoms with Crippen molar-refractivity contribution in [2.24, 2.45) is 0 Å². The fraction of sp³-hybridized carbons (Fsp3) is 0.462. The Labute approximate surface area is 122 Å². The molecule has 0 bridgehead atoms. The molecule has 0 saturated heterocycles. The molecule has 1 N–H and O–H groups in total. The van der Waals surface area contributed by atoms with Gasteiger partial charge in [-0.1, -0.05) is 29.3 Å². The zero-order chi connectivity index (χ0) is 14.3. The summed E-state index contributed by atoms with van der Waals surface area (Å²) in [7, 11) is 1.56. The minimum Gasteiger partial charge on any atom is -0.395 e. The van der Waals surface area contributed by atoms with Crippen molar-refractivity contribution in [3.05, 3.63) is 33.8 Å². The smallest absolute Gasteiger partial charge is 0.227 e. The molecule has 0 heterocycles. The van der Waals surface area contributed by atoms with Gasteiger partial charge in [-0.15, -0.1) is 0 Å². The van der Waals surface area contributed by atoms with E-state index < -0.39 is 0 Å². The Morgan fingerprint density at radius 1 is 1.32 bits per heavy atom. The Balaban J connectivity index is 2.75. The number of carbonyl (C=O) groups excluding carboxylic acids is 1. The van der Waals surface area contributed by atoms with Crippen LogP contribution in [0.4, 0.5) is 0 Å². The van der Waals surface area contributed by atoms with Crippen LogP contribution in [0.15, 0.2) is 18.2 Å². The molecule has 1 rings (SSSR count). The summed E-state index contributed by atoms with van der Waals surface area (Å²) in [5, 5.41) is 9.91. The van der Waals surface area contributed by atoms with Crippen molar-refractivity contribution in [2.75, 3.05) is 33.4 Å². The Kier molecular flexibility index (Phi) is 7.16. The lowest BCUT2D eigenvalue weighted by molar-refractivity contribution is -0.131. The van der Waals surface area contributed by atoms with Crippen molar-refractivity contribution >= 4 is 29.1 Å². The van der Waals surface area contributed by atoms with Crippen molar-refractivity contribution in [1.82, 2.24) is 4.90 Å². The van der Waals surface area contributed by atoms with Gasteiger partial charge in [0.2, 0.25) is 5.91 Å². The topological polar surface area (TPSA) is 49.8 Å². The van der Waals surface area contributed by atoms with Crippen molar-refractivity contribution in [3.8, 4) is 0 Å². The van der Waals surface area contributed by atoms with Crippen LogP contribution in [0.5, 0.6) is 0 Å². The van der Waals surface area contributed by atoms with Gasteiger partial charge < -0.3 is 14.7 Å². The van der Waals surface area contributed by atoms with E-state index in [9.17, 15) is 4.79 Å². The molecular formula is C13H17Cl2NO3. The molecule has 19 heavy (non-hydrogen) atoms. The van der Waals surface area contributed by atoms with Gasteiger partial charge in [-0.05, 0) is 17.7 Å². The highest BCUT2D eigenvalue weighted by molar-refractivity contribution is 6.36. The first kappa shape index (κ1) is 16.2. The van der Waals surface area contributed by atoms with Gasteiger partial charge in [0.05, 0.1) is 19.6 Å². The number of methoxy groups -OCH3 is 1. The number of benzene rings is 1. The lowest BCUT2D eigenvalue weighted by atomic mass is 10.1. The molecule has 0 aliphatic rings. The average Bonchev–Trinajstić information content (AvgIpc) is 2.38. The Morgan fingerprint density at radius 2 is 1.95 bits per heavy atom. The standard InChI is InChI=1S/C13H17Cl2NO3/c1-19-8-6-16(5-7-17)13(18)9-10-11(14)3-2-4-12(10)15/h2-4,17H,5-9H2,1H3. The van der Waals surface area contributed by atoms with E-state index in [0.29, 0.717) is 28.8 Å². The minimum atomic E-state index is -0.138. The van der Waals surface area contributed by atoms with Crippen LogP contribution in [0.25, 0.3) is 0 Å². The third-order valence-corrected chi connectivity index (χ3v) is 3.39. The highest BCUT2D eigenvalue weighted by Gasteiger charge is 2.16. The van der Waals surface area contributed by atoms with Gasteiger partial charge in [-0.25, -0.2) is 0 Å². The van der Waals surface area contributed by atoms with Gasteiger partial charge in [0.25, 0.3) is 0 Å². The van der Waals surface area contributed by atoms with E-state index in [4.69, 9.17) is 33.0 Å². The number of carbonyl (C=O) groups is 1. The maximum atomic E-state index is 12.2. The molecule has 4 nitrogen and oxygen atoms in total. The van der Waals surface area contributed by atoms with Crippen LogP contribution in [0.3, 0.4) is 0 Å². The predicted octanol–water partition coefficient (Wildman–Crippen LogP) is 2.00. The number of rotatable bonds is 7. The summed E-state index contributed by atoms with van der Waals surface area (Å²) in [6, 6.07) is 5.12. The third-order valence-electron chi connectivity index (χ3n) is 2.68. The predicted molar refractivity (Wildman–Crippen MR) is 75.7 cm³/mol. The molecule has 0 saturated carbocycles. The second-order valence-corrected chi connectivity index (χ2v) is 4.79. The number of ether oxygens (including phenoxy) is 1. The lowest BCUT2D eigenvalue weighted by Crippen LogP contribution is -2.37. The van der Waals surface area contributed by atoms with E-state index in [-0.39, 0.29) is 25.5 Å². The van der Waals surface area contributed by atoms with Gasteiger partial charge in [-0.2, -0.15) is 0 Å². The van der Waals surface area contributed by atoms with E-state index in [1.165, 1.54) is 4.90 Å². The monoisotopic (exact) mass is 305 g/mol. The Hall–Kier alpha value is -0.810. The number of aliphatic hydroxyl groups excluding tert-OH is 1. The highest BCUT2D eigenvalue weighted by Crippen LogP contribution is 2.25. The average molecular weight is 306 g/mol. The third kappa shape index (κ3) is 4.99. The van der Waals surface area contributed by atoms with Crippen LogP contribution in [0.2, 0.25) is 10.0 Å². The number of aliphatic hydroxyl groups is 1. The van der Waals surface area contributed by atoms with Crippen molar-refractivity contribution in [1.29, 1.82) is 0 Å². The fourth-order valence-corrected chi connectivity index (χ4v) is 2.18. The quantitative estimate of drug-likeness (QED) is 0.838. The summed E-state index contributed by atoms with van der Waals surface area (Å²) in [5.41, 5.74) is 0.608. The molecule has 106 valence electrons.